The zero-order valence-corrected chi connectivity index (χ0v) is 10.5. The Balaban J connectivity index is 2.08. The summed E-state index contributed by atoms with van der Waals surface area (Å²) in [7, 11) is 1.97. The molecule has 0 aliphatic heterocycles. The van der Waals surface area contributed by atoms with Gasteiger partial charge in [0.2, 0.25) is 0 Å². The van der Waals surface area contributed by atoms with E-state index in [4.69, 9.17) is 5.11 Å². The molecule has 6 heteroatoms. The normalized spacial score (nSPS) is 11.2. The van der Waals surface area contributed by atoms with Crippen molar-refractivity contribution in [1.29, 1.82) is 0 Å². The summed E-state index contributed by atoms with van der Waals surface area (Å²) in [6.07, 6.45) is 5.76. The number of imidazole rings is 1. The zero-order chi connectivity index (χ0) is 12.7. The van der Waals surface area contributed by atoms with Crippen LogP contribution in [0.5, 0.6) is 0 Å². The van der Waals surface area contributed by atoms with E-state index in [0.29, 0.717) is 5.69 Å². The third kappa shape index (κ3) is 1.80. The quantitative estimate of drug-likeness (QED) is 0.784. The van der Waals surface area contributed by atoms with Gasteiger partial charge in [-0.05, 0) is 6.07 Å². The predicted octanol–water partition coefficient (Wildman–Crippen LogP) is 2.03. The van der Waals surface area contributed by atoms with Gasteiger partial charge in [-0.2, -0.15) is 0 Å². The average molecular weight is 261 g/mol. The van der Waals surface area contributed by atoms with Gasteiger partial charge in [0.1, 0.15) is 0 Å². The van der Waals surface area contributed by atoms with E-state index in [1.54, 1.807) is 6.20 Å². The Bertz CT molecular complexity index is 723. The minimum absolute atomic E-state index is 0.0391. The molecule has 18 heavy (non-hydrogen) atoms. The summed E-state index contributed by atoms with van der Waals surface area (Å²) in [6.45, 7) is 0. The number of hydrogen-bond acceptors (Lipinski definition) is 3. The number of rotatable bonds is 3. The van der Waals surface area contributed by atoms with Gasteiger partial charge in [0.15, 0.2) is 4.96 Å². The highest BCUT2D eigenvalue weighted by atomic mass is 32.1. The molecule has 0 amide bonds. The Morgan fingerprint density at radius 1 is 1.50 bits per heavy atom. The van der Waals surface area contributed by atoms with Gasteiger partial charge in [0, 0.05) is 36.6 Å². The molecule has 0 fully saturated rings. The Kier molecular flexibility index (Phi) is 2.45. The minimum Gasteiger partial charge on any atom is -0.481 e. The number of aryl methyl sites for hydroxylation is 1. The Morgan fingerprint density at radius 3 is 3.00 bits per heavy atom. The maximum Gasteiger partial charge on any atom is 0.309 e. The maximum absolute atomic E-state index is 10.7. The third-order valence-electron chi connectivity index (χ3n) is 2.72. The molecule has 3 heterocycles. The molecular weight excluding hydrogens is 250 g/mol. The van der Waals surface area contributed by atoms with Crippen LogP contribution in [0.1, 0.15) is 5.69 Å². The number of carboxylic acids is 1. The molecular formula is C12H11N3O2S. The van der Waals surface area contributed by atoms with E-state index in [2.05, 4.69) is 4.98 Å². The first-order valence-electron chi connectivity index (χ1n) is 5.43. The smallest absolute Gasteiger partial charge is 0.309 e. The second-order valence-electron chi connectivity index (χ2n) is 4.14. The molecule has 92 valence electrons. The van der Waals surface area contributed by atoms with E-state index in [-0.39, 0.29) is 6.42 Å². The zero-order valence-electron chi connectivity index (χ0n) is 9.70. The summed E-state index contributed by atoms with van der Waals surface area (Å²) in [4.78, 5) is 15.8. The van der Waals surface area contributed by atoms with Crippen LogP contribution in [-0.4, -0.2) is 25.0 Å². The lowest BCUT2D eigenvalue weighted by Crippen LogP contribution is -1.99. The molecule has 0 saturated carbocycles. The number of fused-ring (bicyclic) bond motifs is 1. The van der Waals surface area contributed by atoms with Crippen LogP contribution in [0.4, 0.5) is 0 Å². The molecule has 0 unspecified atom stereocenters. The van der Waals surface area contributed by atoms with Crippen LogP contribution >= 0.6 is 11.3 Å². The first kappa shape index (κ1) is 11.0. The fourth-order valence-corrected chi connectivity index (χ4v) is 2.83. The molecule has 0 radical (unpaired) electrons. The van der Waals surface area contributed by atoms with Gasteiger partial charge in [0.25, 0.3) is 0 Å². The van der Waals surface area contributed by atoms with Crippen LogP contribution < -0.4 is 0 Å². The Hall–Kier alpha value is -2.08. The van der Waals surface area contributed by atoms with Crippen LogP contribution in [0.15, 0.2) is 30.0 Å². The lowest BCUT2D eigenvalue weighted by Gasteiger charge is -1.94. The molecule has 0 saturated heterocycles. The van der Waals surface area contributed by atoms with Gasteiger partial charge in [-0.3, -0.25) is 9.20 Å². The first-order valence-corrected chi connectivity index (χ1v) is 6.31. The lowest BCUT2D eigenvalue weighted by atomic mass is 10.3. The lowest BCUT2D eigenvalue weighted by molar-refractivity contribution is -0.136. The topological polar surface area (TPSA) is 59.5 Å². The summed E-state index contributed by atoms with van der Waals surface area (Å²) < 4.78 is 3.92. The van der Waals surface area contributed by atoms with Gasteiger partial charge in [-0.15, -0.1) is 11.3 Å². The monoisotopic (exact) mass is 261 g/mol. The largest absolute Gasteiger partial charge is 0.481 e. The van der Waals surface area contributed by atoms with Gasteiger partial charge < -0.3 is 9.67 Å². The molecule has 0 atom stereocenters. The van der Waals surface area contributed by atoms with E-state index in [1.807, 2.05) is 39.9 Å². The molecule has 3 aromatic rings. The number of nitrogens with zero attached hydrogens (tertiary/aromatic N) is 3. The van der Waals surface area contributed by atoms with Gasteiger partial charge in [-0.1, -0.05) is 0 Å². The summed E-state index contributed by atoms with van der Waals surface area (Å²) in [5.41, 5.74) is 2.73. The molecule has 1 N–H and O–H groups in total. The summed E-state index contributed by atoms with van der Waals surface area (Å²) >= 11 is 1.52. The second-order valence-corrected chi connectivity index (χ2v) is 4.98. The molecule has 0 aromatic carbocycles. The number of carbonyl (C=O) groups is 1. The molecule has 3 rings (SSSR count). The third-order valence-corrected chi connectivity index (χ3v) is 3.56. The number of thiazole rings is 1. The van der Waals surface area contributed by atoms with Crippen molar-refractivity contribution >= 4 is 22.3 Å². The predicted molar refractivity (Wildman–Crippen MR) is 68.8 cm³/mol. The number of aromatic nitrogens is 3. The van der Waals surface area contributed by atoms with Crippen LogP contribution in [0.25, 0.3) is 16.2 Å². The second kappa shape index (κ2) is 3.99. The standard InChI is InChI=1S/C12H11N3O2S/c1-14-3-2-8(5-14)10-7-18-12-13-9(4-11(16)17)6-15(10)12/h2-3,5-7H,4H2,1H3,(H,16,17). The van der Waals surface area contributed by atoms with Crippen LogP contribution in [0.3, 0.4) is 0 Å². The van der Waals surface area contributed by atoms with Crippen molar-refractivity contribution in [3.63, 3.8) is 0 Å². The van der Waals surface area contributed by atoms with Crippen molar-refractivity contribution in [1.82, 2.24) is 14.0 Å². The maximum atomic E-state index is 10.7. The summed E-state index contributed by atoms with van der Waals surface area (Å²) in [5, 5.41) is 10.8. The van der Waals surface area contributed by atoms with E-state index >= 15 is 0 Å². The first-order chi connectivity index (χ1) is 8.63. The molecule has 3 aromatic heterocycles. The minimum atomic E-state index is -0.859. The van der Waals surface area contributed by atoms with Gasteiger partial charge in [-0.25, -0.2) is 4.98 Å². The summed E-state index contributed by atoms with van der Waals surface area (Å²) in [5.74, 6) is -0.859. The van der Waals surface area contributed by atoms with Crippen molar-refractivity contribution in [2.75, 3.05) is 0 Å². The van der Waals surface area contributed by atoms with E-state index < -0.39 is 5.97 Å². The number of hydrogen-bond donors (Lipinski definition) is 1. The molecule has 5 nitrogen and oxygen atoms in total. The Labute approximate surface area is 107 Å². The number of carboxylic acid groups (broad SMARTS) is 1. The van der Waals surface area contributed by atoms with Crippen molar-refractivity contribution < 1.29 is 9.90 Å². The average Bonchev–Trinajstić information content (AvgIpc) is 2.92. The highest BCUT2D eigenvalue weighted by molar-refractivity contribution is 7.15. The fourth-order valence-electron chi connectivity index (χ4n) is 1.93. The summed E-state index contributed by atoms with van der Waals surface area (Å²) in [6, 6.07) is 2.03. The van der Waals surface area contributed by atoms with E-state index in [9.17, 15) is 4.79 Å². The van der Waals surface area contributed by atoms with Gasteiger partial charge >= 0.3 is 5.97 Å². The fraction of sp³-hybridized carbons (Fsp3) is 0.167. The molecule has 0 aliphatic rings. The molecule has 0 aliphatic carbocycles. The van der Waals surface area contributed by atoms with E-state index in [1.165, 1.54) is 11.3 Å². The molecule has 0 spiro atoms. The highest BCUT2D eigenvalue weighted by Gasteiger charge is 2.12. The van der Waals surface area contributed by atoms with Crippen molar-refractivity contribution in [2.45, 2.75) is 6.42 Å². The highest BCUT2D eigenvalue weighted by Crippen LogP contribution is 2.26. The van der Waals surface area contributed by atoms with E-state index in [0.717, 1.165) is 16.2 Å². The Morgan fingerprint density at radius 2 is 2.33 bits per heavy atom. The SMILES string of the molecule is Cn1ccc(-c2csc3nc(CC(=O)O)cn23)c1. The van der Waals surface area contributed by atoms with Crippen molar-refractivity contribution in [3.05, 3.63) is 35.7 Å². The number of aliphatic carboxylic acids is 1. The molecule has 0 bridgehead atoms. The van der Waals surface area contributed by atoms with Crippen LogP contribution in [-0.2, 0) is 18.3 Å². The van der Waals surface area contributed by atoms with Crippen molar-refractivity contribution in [2.24, 2.45) is 7.05 Å². The van der Waals surface area contributed by atoms with Crippen LogP contribution in [0, 0.1) is 0 Å². The van der Waals surface area contributed by atoms with Gasteiger partial charge in [0.05, 0.1) is 17.8 Å². The van der Waals surface area contributed by atoms with Crippen LogP contribution in [0.2, 0.25) is 0 Å². The van der Waals surface area contributed by atoms with Crippen molar-refractivity contribution in [3.8, 4) is 11.3 Å².